The largest absolute Gasteiger partial charge is 0.473 e. The third kappa shape index (κ3) is 2.95. The lowest BCUT2D eigenvalue weighted by atomic mass is 9.95. The van der Waals surface area contributed by atoms with E-state index < -0.39 is 0 Å². The normalized spacial score (nSPS) is 19.8. The van der Waals surface area contributed by atoms with Gasteiger partial charge in [0.25, 0.3) is 0 Å². The maximum Gasteiger partial charge on any atom is 0.232 e. The van der Waals surface area contributed by atoms with Gasteiger partial charge < -0.3 is 4.74 Å². The minimum Gasteiger partial charge on any atom is -0.473 e. The third-order valence-corrected chi connectivity index (χ3v) is 4.47. The summed E-state index contributed by atoms with van der Waals surface area (Å²) in [6.07, 6.45) is 12.0. The van der Waals surface area contributed by atoms with Crippen LogP contribution in [0.3, 0.4) is 0 Å². The molecule has 2 aliphatic carbocycles. The van der Waals surface area contributed by atoms with Crippen molar-refractivity contribution in [2.24, 2.45) is 0 Å². The minimum absolute atomic E-state index is 0.249. The van der Waals surface area contributed by atoms with Crippen molar-refractivity contribution < 1.29 is 4.74 Å². The first-order valence-corrected chi connectivity index (χ1v) is 7.96. The van der Waals surface area contributed by atoms with Gasteiger partial charge in [0.05, 0.1) is 0 Å². The molecular weight excluding hydrogens is 248 g/mol. The maximum atomic E-state index is 9.34. The average molecular weight is 270 g/mol. The van der Waals surface area contributed by atoms with E-state index in [1.54, 1.807) is 0 Å². The lowest BCUT2D eigenvalue weighted by Gasteiger charge is -2.20. The summed E-state index contributed by atoms with van der Waals surface area (Å²) in [5.74, 6) is 0.583. The zero-order chi connectivity index (χ0) is 13.8. The second kappa shape index (κ2) is 6.26. The van der Waals surface area contributed by atoms with Crippen LogP contribution in [0.4, 0.5) is 0 Å². The van der Waals surface area contributed by atoms with Gasteiger partial charge in [0.1, 0.15) is 17.7 Å². The quantitative estimate of drug-likeness (QED) is 0.765. The molecule has 1 aromatic heterocycles. The second-order valence-electron chi connectivity index (χ2n) is 6.00. The molecule has 0 spiro atoms. The van der Waals surface area contributed by atoms with Gasteiger partial charge in [-0.2, -0.15) is 5.26 Å². The summed E-state index contributed by atoms with van der Waals surface area (Å²) >= 11 is 0. The lowest BCUT2D eigenvalue weighted by Crippen LogP contribution is -2.18. The number of hydrogen-bond donors (Lipinski definition) is 0. The van der Waals surface area contributed by atoms with Crippen molar-refractivity contribution in [1.29, 1.82) is 5.26 Å². The Hall–Kier alpha value is -1.56. The van der Waals surface area contributed by atoms with Gasteiger partial charge in [0.2, 0.25) is 5.88 Å². The standard InChI is InChI=1S/C17H22N2O/c18-12-14-11-13-7-5-6-10-16(13)19-17(14)20-15-8-3-1-2-4-9-15/h11,15H,1-10H2. The third-order valence-electron chi connectivity index (χ3n) is 4.47. The summed E-state index contributed by atoms with van der Waals surface area (Å²) in [4.78, 5) is 4.66. The first kappa shape index (κ1) is 13.4. The fourth-order valence-corrected chi connectivity index (χ4v) is 3.30. The van der Waals surface area contributed by atoms with E-state index in [4.69, 9.17) is 4.74 Å². The van der Waals surface area contributed by atoms with Crippen LogP contribution in [0.1, 0.15) is 68.2 Å². The zero-order valence-electron chi connectivity index (χ0n) is 12.0. The number of aromatic nitrogens is 1. The average Bonchev–Trinajstić information content (AvgIpc) is 2.75. The molecule has 0 amide bonds. The summed E-state index contributed by atoms with van der Waals surface area (Å²) in [5, 5.41) is 9.34. The van der Waals surface area contributed by atoms with Gasteiger partial charge in [-0.15, -0.1) is 0 Å². The van der Waals surface area contributed by atoms with Crippen molar-refractivity contribution in [3.63, 3.8) is 0 Å². The monoisotopic (exact) mass is 270 g/mol. The van der Waals surface area contributed by atoms with Crippen molar-refractivity contribution in [2.75, 3.05) is 0 Å². The molecule has 1 saturated carbocycles. The van der Waals surface area contributed by atoms with Gasteiger partial charge in [-0.3, -0.25) is 0 Å². The van der Waals surface area contributed by atoms with E-state index in [0.29, 0.717) is 11.4 Å². The van der Waals surface area contributed by atoms with Crippen LogP contribution in [0.2, 0.25) is 0 Å². The molecule has 3 nitrogen and oxygen atoms in total. The van der Waals surface area contributed by atoms with E-state index in [-0.39, 0.29) is 6.10 Å². The fraction of sp³-hybridized carbons (Fsp3) is 0.647. The van der Waals surface area contributed by atoms with Crippen LogP contribution in [0, 0.1) is 11.3 Å². The van der Waals surface area contributed by atoms with E-state index in [9.17, 15) is 5.26 Å². The molecule has 0 aromatic carbocycles. The fourth-order valence-electron chi connectivity index (χ4n) is 3.30. The summed E-state index contributed by atoms with van der Waals surface area (Å²) in [5.41, 5.74) is 3.02. The number of hydrogen-bond acceptors (Lipinski definition) is 3. The Bertz CT molecular complexity index is 510. The minimum atomic E-state index is 0.249. The molecule has 20 heavy (non-hydrogen) atoms. The van der Waals surface area contributed by atoms with Gasteiger partial charge in [-0.25, -0.2) is 4.98 Å². The Labute approximate surface area is 121 Å². The number of fused-ring (bicyclic) bond motifs is 1. The molecule has 0 bridgehead atoms. The van der Waals surface area contributed by atoms with Crippen LogP contribution in [-0.2, 0) is 12.8 Å². The van der Waals surface area contributed by atoms with Gasteiger partial charge in [-0.05, 0) is 63.0 Å². The highest BCUT2D eigenvalue weighted by Gasteiger charge is 2.20. The van der Waals surface area contributed by atoms with E-state index in [2.05, 4.69) is 11.1 Å². The molecule has 1 heterocycles. The molecule has 0 aliphatic heterocycles. The summed E-state index contributed by atoms with van der Waals surface area (Å²) in [7, 11) is 0. The topological polar surface area (TPSA) is 45.9 Å². The number of ether oxygens (including phenoxy) is 1. The molecule has 1 aromatic rings. The molecule has 3 heteroatoms. The highest BCUT2D eigenvalue weighted by Crippen LogP contribution is 2.28. The van der Waals surface area contributed by atoms with Gasteiger partial charge in [-0.1, -0.05) is 12.8 Å². The first-order chi connectivity index (χ1) is 9.86. The van der Waals surface area contributed by atoms with E-state index >= 15 is 0 Å². The number of rotatable bonds is 2. The number of nitrogens with zero attached hydrogens (tertiary/aromatic N) is 2. The van der Waals surface area contributed by atoms with E-state index in [1.807, 2.05) is 6.07 Å². The Kier molecular flexibility index (Phi) is 4.20. The molecule has 3 rings (SSSR count). The second-order valence-corrected chi connectivity index (χ2v) is 6.00. The lowest BCUT2D eigenvalue weighted by molar-refractivity contribution is 0.175. The molecular formula is C17H22N2O. The molecule has 0 radical (unpaired) electrons. The van der Waals surface area contributed by atoms with Crippen LogP contribution in [0.5, 0.6) is 5.88 Å². The molecule has 2 aliphatic rings. The maximum absolute atomic E-state index is 9.34. The van der Waals surface area contributed by atoms with Crippen LogP contribution in [-0.4, -0.2) is 11.1 Å². The molecule has 106 valence electrons. The predicted molar refractivity (Wildman–Crippen MR) is 77.7 cm³/mol. The van der Waals surface area contributed by atoms with E-state index in [0.717, 1.165) is 31.4 Å². The van der Waals surface area contributed by atoms with Crippen LogP contribution in [0.25, 0.3) is 0 Å². The Morgan fingerprint density at radius 1 is 1.05 bits per heavy atom. The van der Waals surface area contributed by atoms with Gasteiger partial charge in [0, 0.05) is 5.69 Å². The van der Waals surface area contributed by atoms with Crippen molar-refractivity contribution in [2.45, 2.75) is 70.3 Å². The summed E-state index contributed by atoms with van der Waals surface area (Å²) < 4.78 is 6.09. The molecule has 0 N–H and O–H groups in total. The number of aryl methyl sites for hydroxylation is 2. The van der Waals surface area contributed by atoms with Gasteiger partial charge in [0.15, 0.2) is 0 Å². The Morgan fingerprint density at radius 2 is 1.80 bits per heavy atom. The zero-order valence-corrected chi connectivity index (χ0v) is 12.0. The Balaban J connectivity index is 1.82. The highest BCUT2D eigenvalue weighted by atomic mass is 16.5. The van der Waals surface area contributed by atoms with Gasteiger partial charge >= 0.3 is 0 Å². The summed E-state index contributed by atoms with van der Waals surface area (Å²) in [6, 6.07) is 4.27. The number of pyridine rings is 1. The highest BCUT2D eigenvalue weighted by molar-refractivity contribution is 5.43. The smallest absolute Gasteiger partial charge is 0.232 e. The first-order valence-electron chi connectivity index (χ1n) is 7.96. The molecule has 0 saturated heterocycles. The van der Waals surface area contributed by atoms with Crippen molar-refractivity contribution in [1.82, 2.24) is 4.98 Å². The van der Waals surface area contributed by atoms with Crippen LogP contribution < -0.4 is 4.74 Å². The van der Waals surface area contributed by atoms with Crippen molar-refractivity contribution in [3.8, 4) is 11.9 Å². The van der Waals surface area contributed by atoms with Crippen molar-refractivity contribution >= 4 is 0 Å². The molecule has 0 atom stereocenters. The SMILES string of the molecule is N#Cc1cc2c(nc1OC1CCCCCC1)CCCC2. The van der Waals surface area contributed by atoms with Crippen molar-refractivity contribution in [3.05, 3.63) is 22.9 Å². The predicted octanol–water partition coefficient (Wildman–Crippen LogP) is 3.93. The summed E-state index contributed by atoms with van der Waals surface area (Å²) in [6.45, 7) is 0. The molecule has 0 unspecified atom stereocenters. The Morgan fingerprint density at radius 3 is 2.55 bits per heavy atom. The van der Waals surface area contributed by atoms with Crippen LogP contribution in [0.15, 0.2) is 6.07 Å². The van der Waals surface area contributed by atoms with E-state index in [1.165, 1.54) is 44.1 Å². The van der Waals surface area contributed by atoms with Crippen LogP contribution >= 0.6 is 0 Å². The molecule has 1 fully saturated rings. The number of nitriles is 1.